The van der Waals surface area contributed by atoms with Crippen LogP contribution in [0.3, 0.4) is 0 Å². The molecule has 0 amide bonds. The molecule has 0 atom stereocenters. The highest BCUT2D eigenvalue weighted by Crippen LogP contribution is 2.40. The average Bonchev–Trinajstić information content (AvgIpc) is 3.09. The maximum Gasteiger partial charge on any atom is 0.166 e. The third kappa shape index (κ3) is 1.64. The van der Waals surface area contributed by atoms with Gasteiger partial charge in [0, 0.05) is 32.6 Å². The first kappa shape index (κ1) is 13.4. The number of hydrogen-bond acceptors (Lipinski definition) is 1. The second-order valence-corrected chi connectivity index (χ2v) is 5.88. The second kappa shape index (κ2) is 4.47. The van der Waals surface area contributed by atoms with Crippen LogP contribution in [-0.4, -0.2) is 17.1 Å². The molecular weight excluding hydrogens is 310 g/mol. The van der Waals surface area contributed by atoms with E-state index in [2.05, 4.69) is 9.97 Å². The van der Waals surface area contributed by atoms with Crippen LogP contribution in [0.2, 0.25) is 0 Å². The molecule has 5 heteroatoms. The molecule has 2 heterocycles. The van der Waals surface area contributed by atoms with Crippen LogP contribution in [0.15, 0.2) is 42.5 Å². The predicted octanol–water partition coefficient (Wildman–Crippen LogP) is 5.24. The molecule has 3 aromatic carbocycles. The van der Waals surface area contributed by atoms with E-state index in [-0.39, 0.29) is 11.6 Å². The summed E-state index contributed by atoms with van der Waals surface area (Å²) in [4.78, 5) is 6.45. The Bertz CT molecular complexity index is 1170. The highest BCUT2D eigenvalue weighted by Gasteiger charge is 2.17. The molecule has 0 aliphatic carbocycles. The summed E-state index contributed by atoms with van der Waals surface area (Å²) in [6, 6.07) is 11.4. The zero-order valence-corrected chi connectivity index (χ0v) is 12.7. The van der Waals surface area contributed by atoms with Gasteiger partial charge >= 0.3 is 0 Å². The van der Waals surface area contributed by atoms with Crippen LogP contribution in [0.25, 0.3) is 43.6 Å². The van der Waals surface area contributed by atoms with Crippen molar-refractivity contribution < 1.29 is 13.5 Å². The fourth-order valence-corrected chi connectivity index (χ4v) is 3.51. The lowest BCUT2D eigenvalue weighted by Crippen LogP contribution is -1.86. The maximum atomic E-state index is 13.5. The Hall–Kier alpha value is -3.08. The van der Waals surface area contributed by atoms with Gasteiger partial charge in [0.05, 0.1) is 18.1 Å². The molecule has 0 aliphatic rings. The van der Waals surface area contributed by atoms with Crippen molar-refractivity contribution in [3.8, 4) is 5.75 Å². The molecule has 0 fully saturated rings. The maximum absolute atomic E-state index is 13.5. The van der Waals surface area contributed by atoms with E-state index in [1.54, 1.807) is 19.2 Å². The van der Waals surface area contributed by atoms with Crippen molar-refractivity contribution in [2.75, 3.05) is 7.11 Å². The summed E-state index contributed by atoms with van der Waals surface area (Å²) < 4.78 is 32.6. The van der Waals surface area contributed by atoms with E-state index in [4.69, 9.17) is 4.74 Å². The molecule has 0 radical (unpaired) electrons. The molecule has 2 N–H and O–H groups in total. The number of aromatic amines is 2. The number of benzene rings is 3. The molecule has 5 aromatic rings. The molecule has 24 heavy (non-hydrogen) atoms. The van der Waals surface area contributed by atoms with Gasteiger partial charge in [-0.15, -0.1) is 0 Å². The van der Waals surface area contributed by atoms with Crippen LogP contribution in [0.5, 0.6) is 5.75 Å². The Morgan fingerprint density at radius 1 is 0.708 bits per heavy atom. The largest absolute Gasteiger partial charge is 0.492 e. The third-order valence-corrected chi connectivity index (χ3v) is 4.55. The molecule has 0 spiro atoms. The molecule has 0 saturated carbocycles. The van der Waals surface area contributed by atoms with E-state index in [0.717, 1.165) is 32.6 Å². The van der Waals surface area contributed by atoms with E-state index >= 15 is 0 Å². The smallest absolute Gasteiger partial charge is 0.166 e. The van der Waals surface area contributed by atoms with E-state index in [9.17, 15) is 8.78 Å². The molecule has 0 aliphatic heterocycles. The predicted molar refractivity (Wildman–Crippen MR) is 91.6 cm³/mol. The van der Waals surface area contributed by atoms with Crippen molar-refractivity contribution in [1.82, 2.24) is 9.97 Å². The summed E-state index contributed by atoms with van der Waals surface area (Å²) in [6.07, 6.45) is 0. The minimum absolute atomic E-state index is 0.292. The number of rotatable bonds is 1. The van der Waals surface area contributed by atoms with Gasteiger partial charge in [0.25, 0.3) is 0 Å². The van der Waals surface area contributed by atoms with Crippen molar-refractivity contribution in [2.24, 2.45) is 0 Å². The first-order valence-electron chi connectivity index (χ1n) is 7.54. The summed E-state index contributed by atoms with van der Waals surface area (Å²) in [5, 5.41) is 3.73. The number of halogens is 2. The number of aromatic nitrogens is 2. The van der Waals surface area contributed by atoms with Crippen molar-refractivity contribution in [3.63, 3.8) is 0 Å². The van der Waals surface area contributed by atoms with Crippen molar-refractivity contribution in [3.05, 3.63) is 54.1 Å². The van der Waals surface area contributed by atoms with Gasteiger partial charge in [-0.2, -0.15) is 0 Å². The Kier molecular flexibility index (Phi) is 2.49. The van der Waals surface area contributed by atoms with Crippen molar-refractivity contribution in [2.45, 2.75) is 0 Å². The van der Waals surface area contributed by atoms with Gasteiger partial charge in [0.15, 0.2) is 5.75 Å². The normalized spacial score (nSPS) is 12.0. The standard InChI is InChI=1S/C19H12F2N2O/c1-24-19-17-13(11-4-2-9(20)6-15(11)22-17)8-14-12-5-3-10(21)7-16(12)23-18(14)19/h2-8,22-23H,1H3. The number of hydrogen-bond donors (Lipinski definition) is 2. The number of fused-ring (bicyclic) bond motifs is 6. The SMILES string of the molecule is COc1c2[nH]c3cc(F)ccc3c2cc2c1[nH]c1cc(F)ccc12. The van der Waals surface area contributed by atoms with Crippen LogP contribution < -0.4 is 4.74 Å². The minimum Gasteiger partial charge on any atom is -0.492 e. The Morgan fingerprint density at radius 2 is 1.21 bits per heavy atom. The highest BCUT2D eigenvalue weighted by atomic mass is 19.1. The van der Waals surface area contributed by atoms with E-state index in [1.807, 2.05) is 6.07 Å². The summed E-state index contributed by atoms with van der Waals surface area (Å²) >= 11 is 0. The Balaban J connectivity index is 2.03. The minimum atomic E-state index is -0.292. The molecule has 0 unspecified atom stereocenters. The second-order valence-electron chi connectivity index (χ2n) is 5.88. The van der Waals surface area contributed by atoms with E-state index in [0.29, 0.717) is 16.8 Å². The van der Waals surface area contributed by atoms with Gasteiger partial charge in [0.1, 0.15) is 11.6 Å². The van der Waals surface area contributed by atoms with E-state index < -0.39 is 0 Å². The van der Waals surface area contributed by atoms with Gasteiger partial charge in [-0.05, 0) is 42.5 Å². The van der Waals surface area contributed by atoms with Crippen LogP contribution in [0.4, 0.5) is 8.78 Å². The first-order valence-corrected chi connectivity index (χ1v) is 7.54. The van der Waals surface area contributed by atoms with Crippen LogP contribution in [0, 0.1) is 11.6 Å². The molecule has 0 saturated heterocycles. The van der Waals surface area contributed by atoms with Gasteiger partial charge in [-0.1, -0.05) is 0 Å². The van der Waals surface area contributed by atoms with E-state index in [1.165, 1.54) is 24.3 Å². The van der Waals surface area contributed by atoms with Gasteiger partial charge in [-0.25, -0.2) is 8.78 Å². The fraction of sp³-hybridized carbons (Fsp3) is 0.0526. The summed E-state index contributed by atoms with van der Waals surface area (Å²) in [5.74, 6) is 0.0507. The molecule has 0 bridgehead atoms. The van der Waals surface area contributed by atoms with Crippen LogP contribution >= 0.6 is 0 Å². The van der Waals surface area contributed by atoms with Gasteiger partial charge in [-0.3, -0.25) is 0 Å². The molecular formula is C19H12F2N2O. The molecule has 5 rings (SSSR count). The monoisotopic (exact) mass is 322 g/mol. The quantitative estimate of drug-likeness (QED) is 0.435. The summed E-state index contributed by atoms with van der Waals surface area (Å²) in [5.41, 5.74) is 3.01. The van der Waals surface area contributed by atoms with Crippen LogP contribution in [0.1, 0.15) is 0 Å². The Morgan fingerprint density at radius 3 is 1.67 bits per heavy atom. The third-order valence-electron chi connectivity index (χ3n) is 4.55. The van der Waals surface area contributed by atoms with Crippen molar-refractivity contribution >= 4 is 43.6 Å². The van der Waals surface area contributed by atoms with Crippen molar-refractivity contribution in [1.29, 1.82) is 0 Å². The molecule has 3 nitrogen and oxygen atoms in total. The van der Waals surface area contributed by atoms with Gasteiger partial charge in [0.2, 0.25) is 0 Å². The van der Waals surface area contributed by atoms with Crippen LogP contribution in [-0.2, 0) is 0 Å². The zero-order valence-electron chi connectivity index (χ0n) is 12.7. The number of nitrogens with one attached hydrogen (secondary N) is 2. The molecule has 2 aromatic heterocycles. The number of methoxy groups -OCH3 is 1. The lowest BCUT2D eigenvalue weighted by molar-refractivity contribution is 0.423. The highest BCUT2D eigenvalue weighted by molar-refractivity contribution is 6.20. The van der Waals surface area contributed by atoms with Gasteiger partial charge < -0.3 is 14.7 Å². The topological polar surface area (TPSA) is 40.8 Å². The zero-order chi connectivity index (χ0) is 16.4. The fourth-order valence-electron chi connectivity index (χ4n) is 3.51. The average molecular weight is 322 g/mol. The molecule has 118 valence electrons. The number of H-pyrrole nitrogens is 2. The summed E-state index contributed by atoms with van der Waals surface area (Å²) in [6.45, 7) is 0. The Labute approximate surface area is 134 Å². The lowest BCUT2D eigenvalue weighted by Gasteiger charge is -2.04. The lowest BCUT2D eigenvalue weighted by atomic mass is 10.1. The number of ether oxygens (including phenoxy) is 1. The summed E-state index contributed by atoms with van der Waals surface area (Å²) in [7, 11) is 1.59. The first-order chi connectivity index (χ1) is 11.7.